The molecule has 0 N–H and O–H groups in total. The van der Waals surface area contributed by atoms with Crippen molar-refractivity contribution in [3.05, 3.63) is 123 Å². The zero-order chi connectivity index (χ0) is 33.3. The Balaban J connectivity index is 0.955. The highest BCUT2D eigenvalue weighted by molar-refractivity contribution is 6.30. The predicted molar refractivity (Wildman–Crippen MR) is 196 cm³/mol. The molecule has 0 bridgehead atoms. The van der Waals surface area contributed by atoms with Gasteiger partial charge in [0.15, 0.2) is 0 Å². The second-order valence-electron chi connectivity index (χ2n) is 13.3. The van der Waals surface area contributed by atoms with Crippen LogP contribution in [-0.2, 0) is 9.53 Å². The zero-order valence-corrected chi connectivity index (χ0v) is 29.6. The highest BCUT2D eigenvalue weighted by Gasteiger charge is 2.32. The second-order valence-corrected chi connectivity index (χ2v) is 14.3. The number of rotatable bonds is 11. The van der Waals surface area contributed by atoms with E-state index in [2.05, 4.69) is 94.1 Å². The summed E-state index contributed by atoms with van der Waals surface area (Å²) in [5.41, 5.74) is 8.88. The number of allylic oxidation sites excluding steroid dienone is 5. The summed E-state index contributed by atoms with van der Waals surface area (Å²) in [4.78, 5) is 22.6. The van der Waals surface area contributed by atoms with Gasteiger partial charge in [-0.3, -0.25) is 19.5 Å². The van der Waals surface area contributed by atoms with Crippen LogP contribution in [0.1, 0.15) is 49.4 Å². The summed E-state index contributed by atoms with van der Waals surface area (Å²) in [7, 11) is 0. The van der Waals surface area contributed by atoms with Gasteiger partial charge in [0, 0.05) is 69.0 Å². The maximum atomic E-state index is 13.1. The van der Waals surface area contributed by atoms with Crippen LogP contribution in [-0.4, -0.2) is 97.6 Å². The Morgan fingerprint density at radius 3 is 2.06 bits per heavy atom. The molecule has 6 nitrogen and oxygen atoms in total. The summed E-state index contributed by atoms with van der Waals surface area (Å²) >= 11 is 12.7. The summed E-state index contributed by atoms with van der Waals surface area (Å²) in [6.07, 6.45) is 10.9. The lowest BCUT2D eigenvalue weighted by Crippen LogP contribution is -2.51. The van der Waals surface area contributed by atoms with Crippen molar-refractivity contribution in [2.45, 2.75) is 38.3 Å². The quantitative estimate of drug-likeness (QED) is 0.183. The summed E-state index contributed by atoms with van der Waals surface area (Å²) in [5, 5.41) is 1.80. The molecule has 2 aromatic carbocycles. The van der Waals surface area contributed by atoms with Gasteiger partial charge in [0.05, 0.1) is 18.7 Å². The molecule has 0 spiro atoms. The van der Waals surface area contributed by atoms with Gasteiger partial charge in [-0.05, 0) is 65.7 Å². The Labute approximate surface area is 296 Å². The van der Waals surface area contributed by atoms with Crippen LogP contribution in [0.2, 0.25) is 0 Å². The third-order valence-corrected chi connectivity index (χ3v) is 10.7. The summed E-state index contributed by atoms with van der Waals surface area (Å²) in [6, 6.07) is 21.9. The minimum absolute atomic E-state index is 0.0847. The normalized spacial score (nSPS) is 22.6. The van der Waals surface area contributed by atoms with Gasteiger partial charge in [-0.25, -0.2) is 0 Å². The number of ether oxygens (including phenoxy) is 1. The number of carbonyl (C=O) groups excluding carboxylic acids is 1. The molecule has 4 aliphatic rings. The Kier molecular flexibility index (Phi) is 12.5. The van der Waals surface area contributed by atoms with E-state index in [4.69, 9.17) is 27.9 Å². The number of benzene rings is 2. The van der Waals surface area contributed by atoms with Gasteiger partial charge in [0.1, 0.15) is 6.61 Å². The minimum Gasteiger partial charge on any atom is -0.370 e. The fourth-order valence-corrected chi connectivity index (χ4v) is 7.93. The van der Waals surface area contributed by atoms with Gasteiger partial charge < -0.3 is 9.64 Å². The van der Waals surface area contributed by atoms with Crippen molar-refractivity contribution in [1.82, 2.24) is 19.6 Å². The van der Waals surface area contributed by atoms with Crippen molar-refractivity contribution in [3.63, 3.8) is 0 Å². The molecule has 2 aliphatic carbocycles. The maximum absolute atomic E-state index is 13.1. The molecule has 2 fully saturated rings. The number of hydrogen-bond donors (Lipinski definition) is 0. The van der Waals surface area contributed by atoms with Crippen LogP contribution < -0.4 is 0 Å². The summed E-state index contributed by atoms with van der Waals surface area (Å²) in [6.45, 7) is 10.7. The van der Waals surface area contributed by atoms with Crippen LogP contribution in [0.15, 0.2) is 112 Å². The number of carbonyl (C=O) groups is 1. The van der Waals surface area contributed by atoms with Crippen molar-refractivity contribution < 1.29 is 9.53 Å². The smallest absolute Gasteiger partial charge is 0.248 e. The Bertz CT molecular complexity index is 1530. The molecule has 0 radical (unpaired) electrons. The van der Waals surface area contributed by atoms with E-state index in [1.165, 1.54) is 22.3 Å². The topological polar surface area (TPSA) is 39.3 Å². The number of hydrogen-bond acceptors (Lipinski definition) is 5. The number of nitrogens with zero attached hydrogens (tertiary/aromatic N) is 4. The van der Waals surface area contributed by atoms with Gasteiger partial charge in [0.25, 0.3) is 0 Å². The maximum Gasteiger partial charge on any atom is 0.248 e. The first-order valence-corrected chi connectivity index (χ1v) is 18.2. The lowest BCUT2D eigenvalue weighted by molar-refractivity contribution is -0.138. The standard InChI is InChI=1S/C40H48Cl2N4O2/c1-31-29-36(42)13-8-14-37(31)40(33-11-6-3-7-12-33)46-21-19-43(20-22-46)27-28-48-30-38(47)44-23-25-45(26-24-44)39(32-9-4-2-5-10-32)34-15-17-35(41)18-16-34/h2-13,15,17,31,39-40H,16,18-30H2,1H3/t31-,39?,40?/m1/s1. The van der Waals surface area contributed by atoms with Crippen molar-refractivity contribution in [2.24, 2.45) is 5.92 Å². The third kappa shape index (κ3) is 8.99. The molecule has 2 heterocycles. The number of amides is 1. The van der Waals surface area contributed by atoms with Crippen LogP contribution in [0.3, 0.4) is 0 Å². The molecular formula is C40H48Cl2N4O2. The largest absolute Gasteiger partial charge is 0.370 e. The highest BCUT2D eigenvalue weighted by Crippen LogP contribution is 2.38. The average molecular weight is 688 g/mol. The first-order chi connectivity index (χ1) is 23.5. The van der Waals surface area contributed by atoms with E-state index in [0.29, 0.717) is 25.6 Å². The lowest BCUT2D eigenvalue weighted by atomic mass is 9.87. The van der Waals surface area contributed by atoms with Crippen molar-refractivity contribution in [3.8, 4) is 0 Å². The first kappa shape index (κ1) is 34.9. The first-order valence-electron chi connectivity index (χ1n) is 17.5. The molecule has 0 aromatic heterocycles. The molecule has 8 heteroatoms. The SMILES string of the molecule is C[C@@H]1CC(Cl)=CC=C=C1C(c1ccccc1)N1CCN(CCOCC(=O)N2CCN(C(C3=CC=C(Cl)CC3)c3ccccc3)CC2)CC1. The minimum atomic E-state index is 0.0847. The third-order valence-electron chi connectivity index (χ3n) is 10.1. The van der Waals surface area contributed by atoms with E-state index in [1.54, 1.807) is 0 Å². The molecule has 1 amide bonds. The Hall–Kier alpha value is -2.93. The second kappa shape index (κ2) is 17.1. The van der Waals surface area contributed by atoms with E-state index in [1.807, 2.05) is 23.1 Å². The Morgan fingerprint density at radius 1 is 0.792 bits per heavy atom. The Morgan fingerprint density at radius 2 is 1.42 bits per heavy atom. The van der Waals surface area contributed by atoms with Crippen LogP contribution in [0, 0.1) is 5.92 Å². The fraction of sp³-hybridized carbons (Fsp3) is 0.450. The van der Waals surface area contributed by atoms with Gasteiger partial charge in [-0.2, -0.15) is 0 Å². The molecule has 254 valence electrons. The van der Waals surface area contributed by atoms with Crippen LogP contribution in [0.4, 0.5) is 0 Å². The van der Waals surface area contributed by atoms with Crippen molar-refractivity contribution >= 4 is 29.1 Å². The monoisotopic (exact) mass is 686 g/mol. The van der Waals surface area contributed by atoms with E-state index < -0.39 is 0 Å². The molecular weight excluding hydrogens is 639 g/mol. The lowest BCUT2D eigenvalue weighted by Gasteiger charge is -2.41. The average Bonchev–Trinajstić information content (AvgIpc) is 3.28. The van der Waals surface area contributed by atoms with E-state index >= 15 is 0 Å². The summed E-state index contributed by atoms with van der Waals surface area (Å²) in [5.74, 6) is 0.405. The van der Waals surface area contributed by atoms with Crippen LogP contribution in [0.25, 0.3) is 0 Å². The van der Waals surface area contributed by atoms with Crippen LogP contribution in [0.5, 0.6) is 0 Å². The molecule has 3 atom stereocenters. The summed E-state index contributed by atoms with van der Waals surface area (Å²) < 4.78 is 5.95. The highest BCUT2D eigenvalue weighted by atomic mass is 35.5. The fourth-order valence-electron chi connectivity index (χ4n) is 7.48. The zero-order valence-electron chi connectivity index (χ0n) is 28.1. The van der Waals surface area contributed by atoms with Crippen LogP contribution >= 0.6 is 23.2 Å². The molecule has 48 heavy (non-hydrogen) atoms. The van der Waals surface area contributed by atoms with Gasteiger partial charge in [0.2, 0.25) is 5.91 Å². The number of halogens is 2. The molecule has 6 rings (SSSR count). The van der Waals surface area contributed by atoms with Gasteiger partial charge >= 0.3 is 0 Å². The van der Waals surface area contributed by atoms with Gasteiger partial charge in [-0.15, -0.1) is 5.73 Å². The number of piperazine rings is 2. The van der Waals surface area contributed by atoms with Crippen molar-refractivity contribution in [2.75, 3.05) is 72.1 Å². The molecule has 2 aromatic rings. The molecule has 2 unspecified atom stereocenters. The molecule has 2 saturated heterocycles. The van der Waals surface area contributed by atoms with Crippen molar-refractivity contribution in [1.29, 1.82) is 0 Å². The molecule has 2 aliphatic heterocycles. The van der Waals surface area contributed by atoms with E-state index in [-0.39, 0.29) is 24.6 Å². The van der Waals surface area contributed by atoms with E-state index in [9.17, 15) is 4.79 Å². The predicted octanol–water partition coefficient (Wildman–Crippen LogP) is 7.33. The van der Waals surface area contributed by atoms with E-state index in [0.717, 1.165) is 75.1 Å². The molecule has 0 saturated carbocycles. The van der Waals surface area contributed by atoms with Gasteiger partial charge in [-0.1, -0.05) is 96.9 Å².